The standard InChI is InChI=1S/C25H38N4O8/c1-5-14(4)21(25(36)37)29-24(35)19(12-20(31)32)28-23(34)18(10-13(2)3)27-22(33)17(26)11-15-6-8-16(30)9-7-15/h6-9,13-14,17-19,21,30H,5,10-12,26H2,1-4H3,(H,27,33)(H,28,34)(H,29,35)(H,31,32)(H,36,37). The second-order valence-electron chi connectivity index (χ2n) is 9.54. The van der Waals surface area contributed by atoms with Crippen LogP contribution in [-0.2, 0) is 30.4 Å². The van der Waals surface area contributed by atoms with E-state index in [2.05, 4.69) is 16.0 Å². The van der Waals surface area contributed by atoms with E-state index < -0.39 is 66.2 Å². The van der Waals surface area contributed by atoms with Gasteiger partial charge in [-0.2, -0.15) is 0 Å². The highest BCUT2D eigenvalue weighted by atomic mass is 16.4. The minimum absolute atomic E-state index is 0.0575. The van der Waals surface area contributed by atoms with Crippen molar-refractivity contribution in [3.63, 3.8) is 0 Å². The third kappa shape index (κ3) is 10.9. The summed E-state index contributed by atoms with van der Waals surface area (Å²) in [6.07, 6.45) is -0.0267. The van der Waals surface area contributed by atoms with Gasteiger partial charge in [-0.05, 0) is 42.4 Å². The Morgan fingerprint density at radius 3 is 1.89 bits per heavy atom. The van der Waals surface area contributed by atoms with Crippen LogP contribution in [0.25, 0.3) is 0 Å². The summed E-state index contributed by atoms with van der Waals surface area (Å²) in [5, 5.41) is 35.3. The number of carbonyl (C=O) groups excluding carboxylic acids is 3. The van der Waals surface area contributed by atoms with Gasteiger partial charge in [0, 0.05) is 0 Å². The number of carboxylic acid groups (broad SMARTS) is 2. The normalized spacial score (nSPS) is 15.1. The number of nitrogens with two attached hydrogens (primary N) is 1. The van der Waals surface area contributed by atoms with Crippen LogP contribution >= 0.6 is 0 Å². The molecule has 1 aromatic rings. The van der Waals surface area contributed by atoms with Gasteiger partial charge < -0.3 is 37.0 Å². The van der Waals surface area contributed by atoms with Crippen LogP contribution in [0, 0.1) is 11.8 Å². The Bertz CT molecular complexity index is 951. The van der Waals surface area contributed by atoms with Crippen LogP contribution in [0.1, 0.15) is 52.5 Å². The van der Waals surface area contributed by atoms with Crippen molar-refractivity contribution in [2.75, 3.05) is 0 Å². The van der Waals surface area contributed by atoms with Gasteiger partial charge in [0.15, 0.2) is 0 Å². The molecule has 37 heavy (non-hydrogen) atoms. The van der Waals surface area contributed by atoms with Gasteiger partial charge in [-0.1, -0.05) is 46.2 Å². The second-order valence-corrected chi connectivity index (χ2v) is 9.54. The number of carboxylic acids is 2. The van der Waals surface area contributed by atoms with Crippen molar-refractivity contribution >= 4 is 29.7 Å². The molecule has 206 valence electrons. The zero-order valence-corrected chi connectivity index (χ0v) is 21.6. The molecule has 0 fully saturated rings. The number of rotatable bonds is 15. The number of hydrogen-bond acceptors (Lipinski definition) is 7. The summed E-state index contributed by atoms with van der Waals surface area (Å²) in [5.41, 5.74) is 6.70. The smallest absolute Gasteiger partial charge is 0.326 e. The fraction of sp³-hybridized carbons (Fsp3) is 0.560. The molecule has 0 radical (unpaired) electrons. The topological polar surface area (TPSA) is 208 Å². The molecule has 0 heterocycles. The molecule has 0 saturated heterocycles. The molecule has 1 aromatic carbocycles. The van der Waals surface area contributed by atoms with Crippen molar-refractivity contribution < 1.29 is 39.3 Å². The van der Waals surface area contributed by atoms with Gasteiger partial charge >= 0.3 is 11.9 Å². The second kappa shape index (κ2) is 14.8. The van der Waals surface area contributed by atoms with Gasteiger partial charge in [-0.25, -0.2) is 4.79 Å². The van der Waals surface area contributed by atoms with E-state index in [-0.39, 0.29) is 24.5 Å². The molecule has 0 saturated carbocycles. The predicted octanol–water partition coefficient (Wildman–Crippen LogP) is 0.368. The van der Waals surface area contributed by atoms with Crippen molar-refractivity contribution in [1.29, 1.82) is 0 Å². The third-order valence-corrected chi connectivity index (χ3v) is 5.86. The number of phenolic OH excluding ortho intramolecular Hbond substituents is 1. The summed E-state index contributed by atoms with van der Waals surface area (Å²) in [6, 6.07) is 1.17. The van der Waals surface area contributed by atoms with Crippen LogP contribution in [0.3, 0.4) is 0 Å². The summed E-state index contributed by atoms with van der Waals surface area (Å²) in [4.78, 5) is 61.5. The lowest BCUT2D eigenvalue weighted by Gasteiger charge is -2.26. The molecule has 0 aliphatic rings. The zero-order chi connectivity index (χ0) is 28.3. The molecule has 12 nitrogen and oxygen atoms in total. The molecular formula is C25H38N4O8. The van der Waals surface area contributed by atoms with E-state index in [1.165, 1.54) is 12.1 Å². The lowest BCUT2D eigenvalue weighted by atomic mass is 9.98. The van der Waals surface area contributed by atoms with Crippen molar-refractivity contribution in [3.8, 4) is 5.75 Å². The first-order chi connectivity index (χ1) is 17.2. The molecular weight excluding hydrogens is 484 g/mol. The largest absolute Gasteiger partial charge is 0.508 e. The minimum Gasteiger partial charge on any atom is -0.508 e. The van der Waals surface area contributed by atoms with Crippen LogP contribution in [0.5, 0.6) is 5.75 Å². The van der Waals surface area contributed by atoms with E-state index in [0.717, 1.165) is 0 Å². The Balaban J connectivity index is 2.99. The fourth-order valence-electron chi connectivity index (χ4n) is 3.55. The van der Waals surface area contributed by atoms with Crippen LogP contribution in [0.4, 0.5) is 0 Å². The molecule has 8 N–H and O–H groups in total. The van der Waals surface area contributed by atoms with Gasteiger partial charge in [-0.15, -0.1) is 0 Å². The highest BCUT2D eigenvalue weighted by molar-refractivity contribution is 5.95. The summed E-state index contributed by atoms with van der Waals surface area (Å²) < 4.78 is 0. The minimum atomic E-state index is -1.56. The fourth-order valence-corrected chi connectivity index (χ4v) is 3.55. The molecule has 0 bridgehead atoms. The zero-order valence-electron chi connectivity index (χ0n) is 21.6. The van der Waals surface area contributed by atoms with E-state index >= 15 is 0 Å². The monoisotopic (exact) mass is 522 g/mol. The highest BCUT2D eigenvalue weighted by Crippen LogP contribution is 2.12. The average molecular weight is 523 g/mol. The van der Waals surface area contributed by atoms with Crippen LogP contribution in [-0.4, -0.2) is 69.1 Å². The van der Waals surface area contributed by atoms with Crippen LogP contribution < -0.4 is 21.7 Å². The van der Waals surface area contributed by atoms with Crippen molar-refractivity contribution in [1.82, 2.24) is 16.0 Å². The van der Waals surface area contributed by atoms with Crippen molar-refractivity contribution in [2.45, 2.75) is 77.5 Å². The Morgan fingerprint density at radius 2 is 1.41 bits per heavy atom. The maximum atomic E-state index is 13.1. The molecule has 5 unspecified atom stereocenters. The number of phenols is 1. The van der Waals surface area contributed by atoms with E-state index in [1.807, 2.05) is 13.8 Å². The van der Waals surface area contributed by atoms with E-state index in [1.54, 1.807) is 26.0 Å². The van der Waals surface area contributed by atoms with Gasteiger partial charge in [0.1, 0.15) is 23.9 Å². The first-order valence-electron chi connectivity index (χ1n) is 12.1. The summed E-state index contributed by atoms with van der Waals surface area (Å²) in [6.45, 7) is 7.00. The molecule has 12 heteroatoms. The van der Waals surface area contributed by atoms with Gasteiger partial charge in [0.05, 0.1) is 12.5 Å². The molecule has 0 aliphatic heterocycles. The predicted molar refractivity (Wildman–Crippen MR) is 134 cm³/mol. The number of carbonyl (C=O) groups is 5. The first-order valence-corrected chi connectivity index (χ1v) is 12.1. The van der Waals surface area contributed by atoms with Crippen molar-refractivity contribution in [3.05, 3.63) is 29.8 Å². The Labute approximate surface area is 216 Å². The lowest BCUT2D eigenvalue weighted by Crippen LogP contribution is -2.58. The number of hydrogen-bond donors (Lipinski definition) is 7. The van der Waals surface area contributed by atoms with Crippen LogP contribution in [0.2, 0.25) is 0 Å². The number of benzene rings is 1. The van der Waals surface area contributed by atoms with E-state index in [9.17, 15) is 39.3 Å². The molecule has 0 spiro atoms. The Hall–Kier alpha value is -3.67. The van der Waals surface area contributed by atoms with E-state index in [4.69, 9.17) is 5.73 Å². The molecule has 5 atom stereocenters. The number of amides is 3. The van der Waals surface area contributed by atoms with E-state index in [0.29, 0.717) is 12.0 Å². The quantitative estimate of drug-likeness (QED) is 0.169. The summed E-state index contributed by atoms with van der Waals surface area (Å²) in [5.74, 6) is -5.47. The average Bonchev–Trinajstić information content (AvgIpc) is 2.81. The highest BCUT2D eigenvalue weighted by Gasteiger charge is 2.33. The lowest BCUT2D eigenvalue weighted by molar-refractivity contribution is -0.144. The maximum absolute atomic E-state index is 13.1. The summed E-state index contributed by atoms with van der Waals surface area (Å²) in [7, 11) is 0. The number of aliphatic carboxylic acids is 2. The molecule has 0 aliphatic carbocycles. The number of aromatic hydroxyl groups is 1. The van der Waals surface area contributed by atoms with Crippen LogP contribution in [0.15, 0.2) is 24.3 Å². The van der Waals surface area contributed by atoms with Crippen molar-refractivity contribution in [2.24, 2.45) is 17.6 Å². The van der Waals surface area contributed by atoms with Gasteiger partial charge in [0.2, 0.25) is 17.7 Å². The van der Waals surface area contributed by atoms with Gasteiger partial charge in [0.25, 0.3) is 0 Å². The first kappa shape index (κ1) is 31.4. The number of nitrogens with one attached hydrogen (secondary N) is 3. The molecule has 0 aromatic heterocycles. The molecule has 3 amide bonds. The Morgan fingerprint density at radius 1 is 0.865 bits per heavy atom. The Kier molecular flexibility index (Phi) is 12.5. The van der Waals surface area contributed by atoms with Gasteiger partial charge in [-0.3, -0.25) is 19.2 Å². The molecule has 1 rings (SSSR count). The SMILES string of the molecule is CCC(C)C(NC(=O)C(CC(=O)O)NC(=O)C(CC(C)C)NC(=O)C(N)Cc1ccc(O)cc1)C(=O)O. The maximum Gasteiger partial charge on any atom is 0.326 e. The third-order valence-electron chi connectivity index (χ3n) is 5.86. The summed E-state index contributed by atoms with van der Waals surface area (Å²) >= 11 is 0.